The summed E-state index contributed by atoms with van der Waals surface area (Å²) in [5.41, 5.74) is -0.598. The average Bonchev–Trinajstić information content (AvgIpc) is 2.16. The molecule has 0 N–H and O–H groups in total. The van der Waals surface area contributed by atoms with Crippen LogP contribution in [-0.4, -0.2) is 17.3 Å². The van der Waals surface area contributed by atoms with Gasteiger partial charge in [0.1, 0.15) is 11.5 Å². The summed E-state index contributed by atoms with van der Waals surface area (Å²) in [6.07, 6.45) is 0.221. The molecule has 1 aromatic carbocycles. The van der Waals surface area contributed by atoms with Crippen molar-refractivity contribution in [1.29, 1.82) is 0 Å². The number of benzene rings is 1. The first kappa shape index (κ1) is 12.1. The predicted molar refractivity (Wildman–Crippen MR) is 53.8 cm³/mol. The van der Waals surface area contributed by atoms with Crippen molar-refractivity contribution in [2.45, 2.75) is 13.3 Å². The minimum Gasteiger partial charge on any atom is -0.493 e. The molecule has 0 unspecified atom stereocenters. The number of nitro benzene ring substituents is 1. The number of ketones is 1. The van der Waals surface area contributed by atoms with Crippen molar-refractivity contribution in [3.8, 4) is 5.75 Å². The van der Waals surface area contributed by atoms with Gasteiger partial charge < -0.3 is 4.74 Å². The molecule has 0 fully saturated rings. The Labute approximate surface area is 91.0 Å². The molecule has 0 aliphatic carbocycles. The molecule has 6 heteroatoms. The zero-order valence-electron chi connectivity index (χ0n) is 8.60. The SMILES string of the molecule is CC(=O)CCOc1ccc([N+](=O)[O-])c(F)c1. The Morgan fingerprint density at radius 2 is 2.25 bits per heavy atom. The lowest BCUT2D eigenvalue weighted by Gasteiger charge is -2.04. The Morgan fingerprint density at radius 1 is 1.56 bits per heavy atom. The number of ether oxygens (including phenoxy) is 1. The summed E-state index contributed by atoms with van der Waals surface area (Å²) in [4.78, 5) is 20.1. The van der Waals surface area contributed by atoms with Crippen LogP contribution in [0, 0.1) is 15.9 Å². The number of Topliss-reactive ketones (excluding diaryl/α,β-unsaturated/α-hetero) is 1. The van der Waals surface area contributed by atoms with E-state index in [9.17, 15) is 19.3 Å². The smallest absolute Gasteiger partial charge is 0.305 e. The first-order chi connectivity index (χ1) is 7.50. The van der Waals surface area contributed by atoms with Crippen LogP contribution in [-0.2, 0) is 4.79 Å². The number of rotatable bonds is 5. The highest BCUT2D eigenvalue weighted by molar-refractivity contribution is 5.75. The number of hydrogen-bond acceptors (Lipinski definition) is 4. The van der Waals surface area contributed by atoms with E-state index in [0.29, 0.717) is 0 Å². The Kier molecular flexibility index (Phi) is 3.93. The predicted octanol–water partition coefficient (Wildman–Crippen LogP) is 2.09. The molecular weight excluding hydrogens is 217 g/mol. The first-order valence-corrected chi connectivity index (χ1v) is 4.57. The summed E-state index contributed by atoms with van der Waals surface area (Å²) < 4.78 is 18.1. The van der Waals surface area contributed by atoms with Gasteiger partial charge in [0.15, 0.2) is 0 Å². The van der Waals surface area contributed by atoms with E-state index in [1.165, 1.54) is 13.0 Å². The van der Waals surface area contributed by atoms with E-state index in [2.05, 4.69) is 0 Å². The number of carbonyl (C=O) groups is 1. The van der Waals surface area contributed by atoms with Gasteiger partial charge in [-0.3, -0.25) is 14.9 Å². The van der Waals surface area contributed by atoms with Crippen LogP contribution in [0.1, 0.15) is 13.3 Å². The van der Waals surface area contributed by atoms with Crippen LogP contribution >= 0.6 is 0 Å². The second-order valence-electron chi connectivity index (χ2n) is 3.17. The van der Waals surface area contributed by atoms with Crippen LogP contribution in [0.3, 0.4) is 0 Å². The second kappa shape index (κ2) is 5.20. The summed E-state index contributed by atoms with van der Waals surface area (Å²) in [7, 11) is 0. The van der Waals surface area contributed by atoms with E-state index < -0.39 is 16.4 Å². The summed E-state index contributed by atoms with van der Waals surface area (Å²) in [5.74, 6) is -0.822. The maximum atomic E-state index is 13.1. The van der Waals surface area contributed by atoms with Crippen molar-refractivity contribution in [2.24, 2.45) is 0 Å². The van der Waals surface area contributed by atoms with Gasteiger partial charge in [0.05, 0.1) is 11.5 Å². The Balaban J connectivity index is 2.66. The third-order valence-electron chi connectivity index (χ3n) is 1.84. The number of nitrogens with zero attached hydrogens (tertiary/aromatic N) is 1. The summed E-state index contributed by atoms with van der Waals surface area (Å²) in [5, 5.41) is 10.3. The Morgan fingerprint density at radius 3 is 2.75 bits per heavy atom. The zero-order chi connectivity index (χ0) is 12.1. The van der Waals surface area contributed by atoms with E-state index in [4.69, 9.17) is 4.74 Å². The summed E-state index contributed by atoms with van der Waals surface area (Å²) in [6, 6.07) is 3.25. The molecule has 0 radical (unpaired) electrons. The highest BCUT2D eigenvalue weighted by Crippen LogP contribution is 2.22. The number of halogens is 1. The molecule has 0 aromatic heterocycles. The van der Waals surface area contributed by atoms with Crippen molar-refractivity contribution in [2.75, 3.05) is 6.61 Å². The molecular formula is C10H10FNO4. The first-order valence-electron chi connectivity index (χ1n) is 4.57. The van der Waals surface area contributed by atoms with E-state index >= 15 is 0 Å². The molecule has 0 amide bonds. The molecule has 0 heterocycles. The third kappa shape index (κ3) is 3.30. The molecule has 0 saturated carbocycles. The maximum Gasteiger partial charge on any atom is 0.305 e. The number of hydrogen-bond donors (Lipinski definition) is 0. The molecule has 0 saturated heterocycles. The van der Waals surface area contributed by atoms with Gasteiger partial charge in [0, 0.05) is 18.6 Å². The molecule has 0 aliphatic heterocycles. The fourth-order valence-corrected chi connectivity index (χ4v) is 1.04. The Hall–Kier alpha value is -1.98. The lowest BCUT2D eigenvalue weighted by atomic mass is 10.3. The summed E-state index contributed by atoms with van der Waals surface area (Å²) in [6.45, 7) is 1.55. The lowest BCUT2D eigenvalue weighted by molar-refractivity contribution is -0.387. The van der Waals surface area contributed by atoms with Gasteiger partial charge in [-0.1, -0.05) is 0 Å². The topological polar surface area (TPSA) is 69.4 Å². The van der Waals surface area contributed by atoms with Crippen LogP contribution in [0.2, 0.25) is 0 Å². The monoisotopic (exact) mass is 227 g/mol. The van der Waals surface area contributed by atoms with Crippen LogP contribution < -0.4 is 4.74 Å². The van der Waals surface area contributed by atoms with Crippen molar-refractivity contribution >= 4 is 11.5 Å². The normalized spacial score (nSPS) is 9.88. The standard InChI is InChI=1S/C10H10FNO4/c1-7(13)4-5-16-8-2-3-10(12(14)15)9(11)6-8/h2-3,6H,4-5H2,1H3. The van der Waals surface area contributed by atoms with Crippen molar-refractivity contribution in [3.05, 3.63) is 34.1 Å². The van der Waals surface area contributed by atoms with Gasteiger partial charge in [-0.25, -0.2) is 0 Å². The average molecular weight is 227 g/mol. The van der Waals surface area contributed by atoms with E-state index in [1.54, 1.807) is 0 Å². The fourth-order valence-electron chi connectivity index (χ4n) is 1.04. The quantitative estimate of drug-likeness (QED) is 0.570. The van der Waals surface area contributed by atoms with Gasteiger partial charge in [-0.15, -0.1) is 0 Å². The molecule has 1 rings (SSSR count). The van der Waals surface area contributed by atoms with E-state index in [0.717, 1.165) is 12.1 Å². The van der Waals surface area contributed by atoms with Gasteiger partial charge >= 0.3 is 5.69 Å². The Bertz CT molecular complexity index is 419. The molecule has 86 valence electrons. The third-order valence-corrected chi connectivity index (χ3v) is 1.84. The molecule has 0 aliphatic rings. The lowest BCUT2D eigenvalue weighted by Crippen LogP contribution is -2.03. The van der Waals surface area contributed by atoms with E-state index in [1.807, 2.05) is 0 Å². The minimum atomic E-state index is -0.953. The van der Waals surface area contributed by atoms with Crippen LogP contribution in [0.25, 0.3) is 0 Å². The maximum absolute atomic E-state index is 13.1. The highest BCUT2D eigenvalue weighted by Gasteiger charge is 2.14. The molecule has 0 atom stereocenters. The molecule has 0 spiro atoms. The van der Waals surface area contributed by atoms with Crippen LogP contribution in [0.5, 0.6) is 5.75 Å². The molecule has 0 bridgehead atoms. The van der Waals surface area contributed by atoms with Crippen molar-refractivity contribution < 1.29 is 18.8 Å². The van der Waals surface area contributed by atoms with Gasteiger partial charge in [-0.05, 0) is 13.0 Å². The van der Waals surface area contributed by atoms with Crippen LogP contribution in [0.15, 0.2) is 18.2 Å². The molecule has 16 heavy (non-hydrogen) atoms. The van der Waals surface area contributed by atoms with Gasteiger partial charge in [0.2, 0.25) is 5.82 Å². The highest BCUT2D eigenvalue weighted by atomic mass is 19.1. The zero-order valence-corrected chi connectivity index (χ0v) is 8.60. The van der Waals surface area contributed by atoms with Crippen molar-refractivity contribution in [1.82, 2.24) is 0 Å². The number of nitro groups is 1. The second-order valence-corrected chi connectivity index (χ2v) is 3.17. The van der Waals surface area contributed by atoms with Gasteiger partial charge in [0.25, 0.3) is 0 Å². The molecule has 5 nitrogen and oxygen atoms in total. The minimum absolute atomic E-state index is 0.0395. The van der Waals surface area contributed by atoms with Crippen molar-refractivity contribution in [3.63, 3.8) is 0 Å². The summed E-state index contributed by atoms with van der Waals surface area (Å²) >= 11 is 0. The molecule has 1 aromatic rings. The number of carbonyl (C=O) groups excluding carboxylic acids is 1. The fraction of sp³-hybridized carbons (Fsp3) is 0.300. The largest absolute Gasteiger partial charge is 0.493 e. The van der Waals surface area contributed by atoms with Crippen LogP contribution in [0.4, 0.5) is 10.1 Å². The van der Waals surface area contributed by atoms with E-state index in [-0.39, 0.29) is 24.6 Å². The van der Waals surface area contributed by atoms with Gasteiger partial charge in [-0.2, -0.15) is 4.39 Å².